The van der Waals surface area contributed by atoms with Gasteiger partial charge in [-0.05, 0) is 6.92 Å². The highest BCUT2D eigenvalue weighted by atomic mass is 16.5. The van der Waals surface area contributed by atoms with Gasteiger partial charge in [-0.25, -0.2) is 0 Å². The summed E-state index contributed by atoms with van der Waals surface area (Å²) < 4.78 is 5.26. The molecule has 76 valence electrons. The average molecular weight is 194 g/mol. The Hall–Kier alpha value is -1.36. The molecule has 0 amide bonds. The van der Waals surface area contributed by atoms with Gasteiger partial charge < -0.3 is 15.4 Å². The second-order valence-electron chi connectivity index (χ2n) is 3.31. The lowest BCUT2D eigenvalue weighted by Crippen LogP contribution is -2.56. The quantitative estimate of drug-likeness (QED) is 0.735. The number of nitrogens with two attached hydrogens (primary N) is 1. The van der Waals surface area contributed by atoms with Crippen molar-refractivity contribution in [3.63, 3.8) is 0 Å². The molecule has 2 heterocycles. The number of anilines is 1. The average Bonchev–Trinajstić information content (AvgIpc) is 2.14. The summed E-state index contributed by atoms with van der Waals surface area (Å²) in [6, 6.07) is 0.271. The summed E-state index contributed by atoms with van der Waals surface area (Å²) in [7, 11) is 0. The van der Waals surface area contributed by atoms with E-state index in [1.165, 1.54) is 0 Å². The van der Waals surface area contributed by atoms with Crippen LogP contribution in [0.1, 0.15) is 6.92 Å². The minimum Gasteiger partial charge on any atom is -0.477 e. The minimum atomic E-state index is 0.271. The molecule has 1 fully saturated rings. The van der Waals surface area contributed by atoms with Gasteiger partial charge in [0.05, 0.1) is 19.0 Å². The molecular weight excluding hydrogens is 180 g/mol. The molecule has 0 unspecified atom stereocenters. The topological polar surface area (TPSA) is 64.3 Å². The molecule has 14 heavy (non-hydrogen) atoms. The fourth-order valence-electron chi connectivity index (χ4n) is 1.41. The van der Waals surface area contributed by atoms with Crippen molar-refractivity contribution in [1.29, 1.82) is 0 Å². The van der Waals surface area contributed by atoms with Crippen LogP contribution >= 0.6 is 0 Å². The normalized spacial score (nSPS) is 16.6. The maximum atomic E-state index is 5.68. The van der Waals surface area contributed by atoms with Crippen molar-refractivity contribution in [3.05, 3.63) is 12.4 Å². The summed E-state index contributed by atoms with van der Waals surface area (Å²) in [5.41, 5.74) is 5.68. The molecular formula is C9H14N4O. The second kappa shape index (κ2) is 3.79. The fourth-order valence-corrected chi connectivity index (χ4v) is 1.41. The van der Waals surface area contributed by atoms with Gasteiger partial charge in [0.25, 0.3) is 0 Å². The first-order valence-electron chi connectivity index (χ1n) is 4.75. The summed E-state index contributed by atoms with van der Waals surface area (Å²) >= 11 is 0. The van der Waals surface area contributed by atoms with Crippen LogP contribution in [0.5, 0.6) is 5.88 Å². The van der Waals surface area contributed by atoms with Gasteiger partial charge in [0.15, 0.2) is 5.82 Å². The van der Waals surface area contributed by atoms with E-state index >= 15 is 0 Å². The van der Waals surface area contributed by atoms with Gasteiger partial charge in [-0.2, -0.15) is 4.98 Å². The van der Waals surface area contributed by atoms with Gasteiger partial charge in [0.2, 0.25) is 5.88 Å². The third kappa shape index (κ3) is 1.77. The van der Waals surface area contributed by atoms with Gasteiger partial charge in [-0.15, -0.1) is 0 Å². The molecule has 1 aromatic rings. The highest BCUT2D eigenvalue weighted by Crippen LogP contribution is 2.18. The maximum Gasteiger partial charge on any atom is 0.234 e. The first-order valence-corrected chi connectivity index (χ1v) is 4.75. The molecule has 0 radical (unpaired) electrons. The van der Waals surface area contributed by atoms with Gasteiger partial charge in [-0.3, -0.25) is 4.98 Å². The van der Waals surface area contributed by atoms with Crippen LogP contribution in [0.4, 0.5) is 5.82 Å². The molecule has 2 N–H and O–H groups in total. The van der Waals surface area contributed by atoms with Crippen molar-refractivity contribution < 1.29 is 4.74 Å². The third-order valence-electron chi connectivity index (χ3n) is 2.13. The Labute approximate surface area is 82.9 Å². The Bertz CT molecular complexity index is 311. The molecule has 1 aliphatic heterocycles. The minimum absolute atomic E-state index is 0.271. The molecule has 2 rings (SSSR count). The van der Waals surface area contributed by atoms with Gasteiger partial charge in [-0.1, -0.05) is 0 Å². The van der Waals surface area contributed by atoms with Gasteiger partial charge in [0.1, 0.15) is 0 Å². The van der Waals surface area contributed by atoms with Crippen molar-refractivity contribution in [3.8, 4) is 5.88 Å². The molecule has 0 aliphatic carbocycles. The molecule has 0 spiro atoms. The van der Waals surface area contributed by atoms with Gasteiger partial charge in [0, 0.05) is 19.1 Å². The third-order valence-corrected chi connectivity index (χ3v) is 2.13. The Morgan fingerprint density at radius 1 is 1.57 bits per heavy atom. The van der Waals surface area contributed by atoms with Crippen LogP contribution in [-0.4, -0.2) is 35.7 Å². The molecule has 0 atom stereocenters. The van der Waals surface area contributed by atoms with E-state index in [4.69, 9.17) is 10.5 Å². The predicted octanol–water partition coefficient (Wildman–Crippen LogP) is 0.0226. The Balaban J connectivity index is 2.06. The molecule has 0 bridgehead atoms. The maximum absolute atomic E-state index is 5.68. The van der Waals surface area contributed by atoms with E-state index in [9.17, 15) is 0 Å². The number of nitrogens with zero attached hydrogens (tertiary/aromatic N) is 3. The highest BCUT2D eigenvalue weighted by Gasteiger charge is 2.24. The second-order valence-corrected chi connectivity index (χ2v) is 3.31. The van der Waals surface area contributed by atoms with Crippen LogP contribution in [0.25, 0.3) is 0 Å². The van der Waals surface area contributed by atoms with E-state index in [0.717, 1.165) is 18.9 Å². The number of ether oxygens (including phenoxy) is 1. The summed E-state index contributed by atoms with van der Waals surface area (Å²) in [6.45, 7) is 4.24. The fraction of sp³-hybridized carbons (Fsp3) is 0.556. The molecule has 1 saturated heterocycles. The number of hydrogen-bond donors (Lipinski definition) is 1. The van der Waals surface area contributed by atoms with E-state index in [1.54, 1.807) is 12.4 Å². The van der Waals surface area contributed by atoms with Crippen LogP contribution in [0.15, 0.2) is 12.4 Å². The zero-order valence-electron chi connectivity index (χ0n) is 8.18. The van der Waals surface area contributed by atoms with E-state index in [0.29, 0.717) is 12.5 Å². The Kier molecular flexibility index (Phi) is 2.49. The molecule has 5 heteroatoms. The molecule has 5 nitrogen and oxygen atoms in total. The summed E-state index contributed by atoms with van der Waals surface area (Å²) in [5, 5.41) is 0. The predicted molar refractivity (Wildman–Crippen MR) is 53.4 cm³/mol. The molecule has 1 aliphatic rings. The van der Waals surface area contributed by atoms with Crippen molar-refractivity contribution in [2.45, 2.75) is 13.0 Å². The molecule has 0 aromatic carbocycles. The van der Waals surface area contributed by atoms with Crippen LogP contribution in [0.3, 0.4) is 0 Å². The van der Waals surface area contributed by atoms with Crippen LogP contribution < -0.4 is 15.4 Å². The van der Waals surface area contributed by atoms with E-state index in [2.05, 4.69) is 14.9 Å². The van der Waals surface area contributed by atoms with Crippen molar-refractivity contribution in [2.24, 2.45) is 5.73 Å². The number of rotatable bonds is 3. The Morgan fingerprint density at radius 3 is 3.00 bits per heavy atom. The summed E-state index contributed by atoms with van der Waals surface area (Å²) in [4.78, 5) is 10.4. The summed E-state index contributed by atoms with van der Waals surface area (Å²) in [6.07, 6.45) is 3.35. The largest absolute Gasteiger partial charge is 0.477 e. The zero-order chi connectivity index (χ0) is 9.97. The van der Waals surface area contributed by atoms with Crippen molar-refractivity contribution in [2.75, 3.05) is 24.6 Å². The molecule has 0 saturated carbocycles. The van der Waals surface area contributed by atoms with E-state index < -0.39 is 0 Å². The van der Waals surface area contributed by atoms with Gasteiger partial charge >= 0.3 is 0 Å². The standard InChI is InChI=1S/C9H14N4O/c1-2-14-9-4-11-3-8(12-9)13-5-7(10)6-13/h3-4,7H,2,5-6,10H2,1H3. The van der Waals surface area contributed by atoms with Crippen molar-refractivity contribution in [1.82, 2.24) is 9.97 Å². The van der Waals surface area contributed by atoms with E-state index in [-0.39, 0.29) is 6.04 Å². The SMILES string of the molecule is CCOc1cncc(N2CC(N)C2)n1. The first kappa shape index (κ1) is 9.21. The Morgan fingerprint density at radius 2 is 2.36 bits per heavy atom. The lowest BCUT2D eigenvalue weighted by atomic mass is 10.1. The van der Waals surface area contributed by atoms with Crippen LogP contribution in [0.2, 0.25) is 0 Å². The smallest absolute Gasteiger partial charge is 0.234 e. The number of aromatic nitrogens is 2. The lowest BCUT2D eigenvalue weighted by Gasteiger charge is -2.37. The first-order chi connectivity index (χ1) is 6.79. The van der Waals surface area contributed by atoms with E-state index in [1.807, 2.05) is 6.92 Å². The lowest BCUT2D eigenvalue weighted by molar-refractivity contribution is 0.324. The zero-order valence-corrected chi connectivity index (χ0v) is 8.18. The number of hydrogen-bond acceptors (Lipinski definition) is 5. The monoisotopic (exact) mass is 194 g/mol. The highest BCUT2D eigenvalue weighted by molar-refractivity contribution is 5.41. The van der Waals surface area contributed by atoms with Crippen LogP contribution in [-0.2, 0) is 0 Å². The molecule has 1 aromatic heterocycles. The summed E-state index contributed by atoms with van der Waals surface area (Å²) in [5.74, 6) is 1.42. The van der Waals surface area contributed by atoms with Crippen LogP contribution in [0, 0.1) is 0 Å². The van der Waals surface area contributed by atoms with Crippen molar-refractivity contribution >= 4 is 5.82 Å².